The van der Waals surface area contributed by atoms with Gasteiger partial charge in [-0.2, -0.15) is 0 Å². The molecule has 0 amide bonds. The van der Waals surface area contributed by atoms with Gasteiger partial charge in [0.05, 0.1) is 6.26 Å². The first-order valence-corrected chi connectivity index (χ1v) is 4.91. The van der Waals surface area contributed by atoms with Crippen LogP contribution in [0.1, 0.15) is 5.76 Å². The van der Waals surface area contributed by atoms with E-state index >= 15 is 0 Å². The van der Waals surface area contributed by atoms with Gasteiger partial charge in [-0.1, -0.05) is 6.07 Å². The normalized spacial score (nSPS) is 10.1. The third kappa shape index (κ3) is 2.35. The van der Waals surface area contributed by atoms with Crippen molar-refractivity contribution in [3.8, 4) is 5.88 Å². The highest BCUT2D eigenvalue weighted by atomic mass is 79.9. The molecule has 0 aliphatic heterocycles. The third-order valence-electron chi connectivity index (χ3n) is 1.63. The Bertz CT molecular complexity index is 400. The molecule has 2 aromatic rings. The maximum absolute atomic E-state index is 5.40. The Hall–Kier alpha value is -1.29. The maximum atomic E-state index is 5.40. The van der Waals surface area contributed by atoms with Crippen LogP contribution < -0.4 is 4.74 Å². The van der Waals surface area contributed by atoms with Gasteiger partial charge in [0.15, 0.2) is 0 Å². The highest BCUT2D eigenvalue weighted by molar-refractivity contribution is 9.10. The molecule has 0 aliphatic rings. The van der Waals surface area contributed by atoms with Gasteiger partial charge in [-0.3, -0.25) is 0 Å². The molecule has 3 nitrogen and oxygen atoms in total. The molecule has 4 heteroatoms. The molecule has 2 aromatic heterocycles. The minimum absolute atomic E-state index is 0.399. The zero-order chi connectivity index (χ0) is 9.80. The number of ether oxygens (including phenoxy) is 1. The van der Waals surface area contributed by atoms with Crippen molar-refractivity contribution in [2.45, 2.75) is 6.61 Å². The lowest BCUT2D eigenvalue weighted by Gasteiger charge is -2.02. The zero-order valence-electron chi connectivity index (χ0n) is 7.31. The van der Waals surface area contributed by atoms with Crippen molar-refractivity contribution >= 4 is 15.9 Å². The van der Waals surface area contributed by atoms with Gasteiger partial charge in [0.2, 0.25) is 5.88 Å². The Morgan fingerprint density at radius 3 is 2.93 bits per heavy atom. The summed E-state index contributed by atoms with van der Waals surface area (Å²) in [6.45, 7) is 0.399. The van der Waals surface area contributed by atoms with E-state index in [2.05, 4.69) is 20.9 Å². The van der Waals surface area contributed by atoms with Crippen molar-refractivity contribution < 1.29 is 9.15 Å². The van der Waals surface area contributed by atoms with E-state index in [0.29, 0.717) is 12.5 Å². The molecule has 0 N–H and O–H groups in total. The Kier molecular flexibility index (Phi) is 2.84. The van der Waals surface area contributed by atoms with Crippen LogP contribution in [0.5, 0.6) is 5.88 Å². The van der Waals surface area contributed by atoms with Crippen molar-refractivity contribution in [2.24, 2.45) is 0 Å². The molecule has 0 bridgehead atoms. The topological polar surface area (TPSA) is 35.3 Å². The molecule has 72 valence electrons. The monoisotopic (exact) mass is 253 g/mol. The second-order valence-corrected chi connectivity index (χ2v) is 3.48. The highest BCUT2D eigenvalue weighted by Crippen LogP contribution is 2.13. The fourth-order valence-corrected chi connectivity index (χ4v) is 1.34. The molecule has 0 saturated heterocycles. The van der Waals surface area contributed by atoms with Crippen molar-refractivity contribution in [1.29, 1.82) is 0 Å². The summed E-state index contributed by atoms with van der Waals surface area (Å²) in [6, 6.07) is 9.20. The SMILES string of the molecule is Brc1cccc(OCc2ccco2)n1. The number of rotatable bonds is 3. The Labute approximate surface area is 89.8 Å². The smallest absolute Gasteiger partial charge is 0.214 e. The first kappa shape index (κ1) is 9.27. The van der Waals surface area contributed by atoms with Crippen molar-refractivity contribution in [3.05, 3.63) is 47.0 Å². The second-order valence-electron chi connectivity index (χ2n) is 2.67. The molecular formula is C10H8BrNO2. The first-order valence-electron chi connectivity index (χ1n) is 4.12. The van der Waals surface area contributed by atoms with Crippen LogP contribution in [-0.2, 0) is 6.61 Å². The molecule has 0 radical (unpaired) electrons. The van der Waals surface area contributed by atoms with Gasteiger partial charge in [0, 0.05) is 6.07 Å². The number of hydrogen-bond acceptors (Lipinski definition) is 3. The average molecular weight is 254 g/mol. The third-order valence-corrected chi connectivity index (χ3v) is 2.07. The van der Waals surface area contributed by atoms with Crippen LogP contribution in [0.25, 0.3) is 0 Å². The zero-order valence-corrected chi connectivity index (χ0v) is 8.90. The van der Waals surface area contributed by atoms with Gasteiger partial charge in [-0.25, -0.2) is 4.98 Å². The molecular weight excluding hydrogens is 246 g/mol. The van der Waals surface area contributed by atoms with E-state index in [1.807, 2.05) is 24.3 Å². The molecule has 14 heavy (non-hydrogen) atoms. The van der Waals surface area contributed by atoms with Crippen molar-refractivity contribution in [1.82, 2.24) is 4.98 Å². The van der Waals surface area contributed by atoms with Crippen LogP contribution in [0.15, 0.2) is 45.6 Å². The molecule has 2 heterocycles. The average Bonchev–Trinajstić information content (AvgIpc) is 2.67. The Balaban J connectivity index is 1.98. The van der Waals surface area contributed by atoms with E-state index in [1.54, 1.807) is 12.3 Å². The fourth-order valence-electron chi connectivity index (χ4n) is 1.01. The van der Waals surface area contributed by atoms with Gasteiger partial charge in [0.1, 0.15) is 17.0 Å². The summed E-state index contributed by atoms with van der Waals surface area (Å²) in [6.07, 6.45) is 1.62. The molecule has 2 rings (SSSR count). The van der Waals surface area contributed by atoms with E-state index in [1.165, 1.54) is 0 Å². The number of furan rings is 1. The summed E-state index contributed by atoms with van der Waals surface area (Å²) in [7, 11) is 0. The number of nitrogens with zero attached hydrogens (tertiary/aromatic N) is 1. The minimum atomic E-state index is 0.399. The quantitative estimate of drug-likeness (QED) is 0.789. The summed E-state index contributed by atoms with van der Waals surface area (Å²) in [5.41, 5.74) is 0. The van der Waals surface area contributed by atoms with Crippen LogP contribution in [0.4, 0.5) is 0 Å². The number of pyridine rings is 1. The second kappa shape index (κ2) is 4.28. The predicted octanol–water partition coefficient (Wildman–Crippen LogP) is 3.02. The van der Waals surface area contributed by atoms with E-state index in [9.17, 15) is 0 Å². The summed E-state index contributed by atoms with van der Waals surface area (Å²) < 4.78 is 11.3. The van der Waals surface area contributed by atoms with E-state index in [-0.39, 0.29) is 0 Å². The lowest BCUT2D eigenvalue weighted by Crippen LogP contribution is -1.95. The lowest BCUT2D eigenvalue weighted by molar-refractivity contribution is 0.260. The van der Waals surface area contributed by atoms with Gasteiger partial charge in [-0.15, -0.1) is 0 Å². The summed E-state index contributed by atoms with van der Waals surface area (Å²) in [5, 5.41) is 0. The van der Waals surface area contributed by atoms with E-state index in [0.717, 1.165) is 10.4 Å². The Morgan fingerprint density at radius 2 is 2.21 bits per heavy atom. The molecule has 0 spiro atoms. The molecule has 0 saturated carbocycles. The van der Waals surface area contributed by atoms with E-state index < -0.39 is 0 Å². The summed E-state index contributed by atoms with van der Waals surface area (Å²) >= 11 is 3.27. The minimum Gasteiger partial charge on any atom is -0.469 e. The highest BCUT2D eigenvalue weighted by Gasteiger charge is 1.99. The van der Waals surface area contributed by atoms with Crippen LogP contribution in [-0.4, -0.2) is 4.98 Å². The predicted molar refractivity (Wildman–Crippen MR) is 55.0 cm³/mol. The fraction of sp³-hybridized carbons (Fsp3) is 0.100. The molecule has 0 atom stereocenters. The van der Waals surface area contributed by atoms with Crippen molar-refractivity contribution in [2.75, 3.05) is 0 Å². The van der Waals surface area contributed by atoms with Gasteiger partial charge in [-0.05, 0) is 34.1 Å². The van der Waals surface area contributed by atoms with Crippen LogP contribution >= 0.6 is 15.9 Å². The molecule has 0 aromatic carbocycles. The summed E-state index contributed by atoms with van der Waals surface area (Å²) in [5.74, 6) is 1.36. The van der Waals surface area contributed by atoms with Crippen LogP contribution in [0.3, 0.4) is 0 Å². The standard InChI is InChI=1S/C10H8BrNO2/c11-9-4-1-5-10(12-9)14-7-8-3-2-6-13-8/h1-6H,7H2. The number of aromatic nitrogens is 1. The largest absolute Gasteiger partial charge is 0.469 e. The lowest BCUT2D eigenvalue weighted by atomic mass is 10.5. The van der Waals surface area contributed by atoms with Crippen molar-refractivity contribution in [3.63, 3.8) is 0 Å². The maximum Gasteiger partial charge on any atom is 0.214 e. The van der Waals surface area contributed by atoms with Gasteiger partial charge < -0.3 is 9.15 Å². The van der Waals surface area contributed by atoms with Gasteiger partial charge >= 0.3 is 0 Å². The van der Waals surface area contributed by atoms with Gasteiger partial charge in [0.25, 0.3) is 0 Å². The molecule has 0 unspecified atom stereocenters. The molecule has 0 fully saturated rings. The van der Waals surface area contributed by atoms with Crippen LogP contribution in [0, 0.1) is 0 Å². The number of halogens is 1. The molecule has 0 aliphatic carbocycles. The Morgan fingerprint density at radius 1 is 1.29 bits per heavy atom. The van der Waals surface area contributed by atoms with Crippen LogP contribution in [0.2, 0.25) is 0 Å². The summed E-state index contributed by atoms with van der Waals surface area (Å²) in [4.78, 5) is 4.13. The van der Waals surface area contributed by atoms with E-state index in [4.69, 9.17) is 9.15 Å². The number of hydrogen-bond donors (Lipinski definition) is 0. The first-order chi connectivity index (χ1) is 6.84.